The van der Waals surface area contributed by atoms with Crippen molar-refractivity contribution in [2.75, 3.05) is 39.4 Å². The van der Waals surface area contributed by atoms with E-state index >= 15 is 0 Å². The third-order valence-corrected chi connectivity index (χ3v) is 3.17. The van der Waals surface area contributed by atoms with Gasteiger partial charge in [0.25, 0.3) is 0 Å². The smallest absolute Gasteiger partial charge is 0.123 e. The molecule has 0 spiro atoms. The SMILES string of the molecule is Cl.Cl.Fc1ccc(CNCCCN2CCOCC2)cc1. The van der Waals surface area contributed by atoms with Gasteiger partial charge >= 0.3 is 0 Å². The number of benzene rings is 1. The van der Waals surface area contributed by atoms with E-state index in [1.807, 2.05) is 12.1 Å². The molecule has 0 amide bonds. The fraction of sp³-hybridized carbons (Fsp3) is 0.571. The Morgan fingerprint density at radius 1 is 1.10 bits per heavy atom. The van der Waals surface area contributed by atoms with Crippen molar-refractivity contribution in [3.8, 4) is 0 Å². The lowest BCUT2D eigenvalue weighted by Gasteiger charge is -2.26. The predicted octanol–water partition coefficient (Wildman–Crippen LogP) is 2.48. The zero-order chi connectivity index (χ0) is 12.6. The quantitative estimate of drug-likeness (QED) is 0.814. The molecule has 0 aromatic heterocycles. The lowest BCUT2D eigenvalue weighted by atomic mass is 10.2. The van der Waals surface area contributed by atoms with Crippen LogP contribution < -0.4 is 5.32 Å². The Bertz CT molecular complexity index is 346. The Hall–Kier alpha value is -0.390. The highest BCUT2D eigenvalue weighted by Crippen LogP contribution is 2.02. The number of halogens is 3. The second-order valence-electron chi connectivity index (χ2n) is 4.61. The molecule has 2 rings (SSSR count). The summed E-state index contributed by atoms with van der Waals surface area (Å²) in [5.41, 5.74) is 1.13. The van der Waals surface area contributed by atoms with Crippen LogP contribution >= 0.6 is 24.8 Å². The third kappa shape index (κ3) is 7.41. The summed E-state index contributed by atoms with van der Waals surface area (Å²) in [4.78, 5) is 2.43. The largest absolute Gasteiger partial charge is 0.379 e. The van der Waals surface area contributed by atoms with E-state index in [-0.39, 0.29) is 30.6 Å². The van der Waals surface area contributed by atoms with Crippen LogP contribution in [0.4, 0.5) is 4.39 Å². The number of rotatable bonds is 6. The Morgan fingerprint density at radius 2 is 1.75 bits per heavy atom. The number of morpholine rings is 1. The number of hydrogen-bond acceptors (Lipinski definition) is 3. The average Bonchev–Trinajstić information content (AvgIpc) is 2.42. The van der Waals surface area contributed by atoms with Gasteiger partial charge in [-0.15, -0.1) is 24.8 Å². The normalized spacial score (nSPS) is 15.2. The van der Waals surface area contributed by atoms with E-state index in [0.717, 1.165) is 57.9 Å². The van der Waals surface area contributed by atoms with E-state index in [4.69, 9.17) is 4.74 Å². The summed E-state index contributed by atoms with van der Waals surface area (Å²) in [6.07, 6.45) is 1.14. The van der Waals surface area contributed by atoms with Crippen molar-refractivity contribution in [1.82, 2.24) is 10.2 Å². The van der Waals surface area contributed by atoms with Crippen LogP contribution in [0.1, 0.15) is 12.0 Å². The summed E-state index contributed by atoms with van der Waals surface area (Å²) in [5, 5.41) is 3.38. The summed E-state index contributed by atoms with van der Waals surface area (Å²) < 4.78 is 18.0. The molecule has 1 aliphatic rings. The molecule has 0 bridgehead atoms. The monoisotopic (exact) mass is 324 g/mol. The van der Waals surface area contributed by atoms with Crippen molar-refractivity contribution in [1.29, 1.82) is 0 Å². The number of nitrogens with one attached hydrogen (secondary N) is 1. The molecule has 6 heteroatoms. The van der Waals surface area contributed by atoms with Crippen molar-refractivity contribution in [2.24, 2.45) is 0 Å². The highest BCUT2D eigenvalue weighted by atomic mass is 35.5. The molecule has 1 aromatic rings. The van der Waals surface area contributed by atoms with Gasteiger partial charge in [-0.3, -0.25) is 4.90 Å². The van der Waals surface area contributed by atoms with Crippen LogP contribution in [0.2, 0.25) is 0 Å². The molecule has 1 aromatic carbocycles. The van der Waals surface area contributed by atoms with Crippen LogP contribution in [0.15, 0.2) is 24.3 Å². The van der Waals surface area contributed by atoms with Crippen LogP contribution in [0.3, 0.4) is 0 Å². The van der Waals surface area contributed by atoms with Gasteiger partial charge in [0.2, 0.25) is 0 Å². The van der Waals surface area contributed by atoms with Gasteiger partial charge in [0, 0.05) is 19.6 Å². The maximum atomic E-state index is 12.7. The second kappa shape index (κ2) is 11.3. The minimum absolute atomic E-state index is 0. The van der Waals surface area contributed by atoms with Crippen molar-refractivity contribution in [3.05, 3.63) is 35.6 Å². The van der Waals surface area contributed by atoms with E-state index in [1.165, 1.54) is 12.1 Å². The molecular weight excluding hydrogens is 302 g/mol. The Morgan fingerprint density at radius 3 is 2.40 bits per heavy atom. The van der Waals surface area contributed by atoms with Crippen molar-refractivity contribution in [2.45, 2.75) is 13.0 Å². The van der Waals surface area contributed by atoms with E-state index in [2.05, 4.69) is 10.2 Å². The molecule has 0 aliphatic carbocycles. The van der Waals surface area contributed by atoms with E-state index in [0.29, 0.717) is 0 Å². The minimum Gasteiger partial charge on any atom is -0.379 e. The van der Waals surface area contributed by atoms with E-state index in [9.17, 15) is 4.39 Å². The van der Waals surface area contributed by atoms with Gasteiger partial charge in [0.05, 0.1) is 13.2 Å². The summed E-state index contributed by atoms with van der Waals surface area (Å²) in [6, 6.07) is 6.66. The highest BCUT2D eigenvalue weighted by Gasteiger charge is 2.08. The van der Waals surface area contributed by atoms with Crippen LogP contribution in [0.5, 0.6) is 0 Å². The van der Waals surface area contributed by atoms with Gasteiger partial charge in [0.15, 0.2) is 0 Å². The van der Waals surface area contributed by atoms with Crippen LogP contribution in [-0.2, 0) is 11.3 Å². The highest BCUT2D eigenvalue weighted by molar-refractivity contribution is 5.85. The van der Waals surface area contributed by atoms with Gasteiger partial charge in [-0.05, 0) is 37.2 Å². The first-order valence-corrected chi connectivity index (χ1v) is 6.60. The van der Waals surface area contributed by atoms with Gasteiger partial charge in [0.1, 0.15) is 5.82 Å². The predicted molar refractivity (Wildman–Crippen MR) is 84.5 cm³/mol. The molecule has 3 nitrogen and oxygen atoms in total. The molecular formula is C14H23Cl2FN2O. The van der Waals surface area contributed by atoms with Gasteiger partial charge < -0.3 is 10.1 Å². The van der Waals surface area contributed by atoms with Crippen LogP contribution in [0.25, 0.3) is 0 Å². The van der Waals surface area contributed by atoms with Crippen LogP contribution in [0, 0.1) is 5.82 Å². The molecule has 1 saturated heterocycles. The van der Waals surface area contributed by atoms with Crippen molar-refractivity contribution in [3.63, 3.8) is 0 Å². The Kier molecular flexibility index (Phi) is 11.1. The number of nitrogens with zero attached hydrogens (tertiary/aromatic N) is 1. The Balaban J connectivity index is 0.00000180. The van der Waals surface area contributed by atoms with E-state index < -0.39 is 0 Å². The summed E-state index contributed by atoms with van der Waals surface area (Å²) >= 11 is 0. The molecule has 0 atom stereocenters. The fourth-order valence-corrected chi connectivity index (χ4v) is 2.09. The fourth-order valence-electron chi connectivity index (χ4n) is 2.09. The molecule has 1 aliphatic heterocycles. The lowest BCUT2D eigenvalue weighted by molar-refractivity contribution is 0.0374. The topological polar surface area (TPSA) is 24.5 Å². The zero-order valence-electron chi connectivity index (χ0n) is 11.5. The lowest BCUT2D eigenvalue weighted by Crippen LogP contribution is -2.37. The second-order valence-corrected chi connectivity index (χ2v) is 4.61. The standard InChI is InChI=1S/C14H21FN2O.2ClH/c15-14-4-2-13(3-5-14)12-16-6-1-7-17-8-10-18-11-9-17;;/h2-5,16H,1,6-12H2;2*1H. The molecule has 0 radical (unpaired) electrons. The molecule has 1 N–H and O–H groups in total. The average molecular weight is 325 g/mol. The Labute approximate surface area is 132 Å². The minimum atomic E-state index is -0.175. The molecule has 116 valence electrons. The molecule has 0 saturated carbocycles. The number of hydrogen-bond donors (Lipinski definition) is 1. The maximum absolute atomic E-state index is 12.7. The van der Waals surface area contributed by atoms with Gasteiger partial charge in [-0.25, -0.2) is 4.39 Å². The van der Waals surface area contributed by atoms with Crippen molar-refractivity contribution < 1.29 is 9.13 Å². The first-order chi connectivity index (χ1) is 8.84. The molecule has 20 heavy (non-hydrogen) atoms. The summed E-state index contributed by atoms with van der Waals surface area (Å²) in [5.74, 6) is -0.175. The molecule has 1 fully saturated rings. The van der Waals surface area contributed by atoms with Crippen molar-refractivity contribution >= 4 is 24.8 Å². The zero-order valence-corrected chi connectivity index (χ0v) is 13.1. The maximum Gasteiger partial charge on any atom is 0.123 e. The van der Waals surface area contributed by atoms with Crippen LogP contribution in [-0.4, -0.2) is 44.3 Å². The third-order valence-electron chi connectivity index (χ3n) is 3.17. The van der Waals surface area contributed by atoms with Gasteiger partial charge in [-0.1, -0.05) is 12.1 Å². The first-order valence-electron chi connectivity index (χ1n) is 6.60. The number of ether oxygens (including phenoxy) is 1. The molecule has 1 heterocycles. The summed E-state index contributed by atoms with van der Waals surface area (Å²) in [6.45, 7) is 6.76. The first kappa shape index (κ1) is 19.6. The summed E-state index contributed by atoms with van der Waals surface area (Å²) in [7, 11) is 0. The van der Waals surface area contributed by atoms with E-state index in [1.54, 1.807) is 0 Å². The van der Waals surface area contributed by atoms with Gasteiger partial charge in [-0.2, -0.15) is 0 Å². The molecule has 0 unspecified atom stereocenters.